The van der Waals surface area contributed by atoms with E-state index in [0.29, 0.717) is 30.0 Å². The number of sulfonamides is 1. The zero-order valence-corrected chi connectivity index (χ0v) is 21.7. The van der Waals surface area contributed by atoms with Crippen molar-refractivity contribution in [1.29, 1.82) is 0 Å². The summed E-state index contributed by atoms with van der Waals surface area (Å²) in [6.45, 7) is 0.941. The van der Waals surface area contributed by atoms with Gasteiger partial charge in [-0.25, -0.2) is 18.1 Å². The van der Waals surface area contributed by atoms with Gasteiger partial charge in [0.05, 0.1) is 62.3 Å². The first-order chi connectivity index (χ1) is 17.9. The summed E-state index contributed by atoms with van der Waals surface area (Å²) in [5.41, 5.74) is 1.72. The number of nitrogens with one attached hydrogen (secondary N) is 3. The number of hydrogen-bond donors (Lipinski definition) is 3. The SMILES string of the molecule is Cn1cc(Nc2ncc(Cl)c(N[C@@H]3COC4C3OC[C@@H]4NS(=O)(=O)CCOCc3ccccc3)n2)cn1. The lowest BCUT2D eigenvalue weighted by Crippen LogP contribution is -2.45. The Bertz CT molecular complexity index is 1310. The third-order valence-electron chi connectivity index (χ3n) is 6.02. The van der Waals surface area contributed by atoms with E-state index in [1.807, 2.05) is 37.4 Å². The smallest absolute Gasteiger partial charge is 0.229 e. The molecule has 12 nitrogen and oxygen atoms in total. The molecule has 2 unspecified atom stereocenters. The minimum absolute atomic E-state index is 0.0819. The van der Waals surface area contributed by atoms with Crippen LogP contribution in [0.25, 0.3) is 0 Å². The Balaban J connectivity index is 1.13. The third-order valence-corrected chi connectivity index (χ3v) is 7.66. The van der Waals surface area contributed by atoms with Crippen molar-refractivity contribution in [2.24, 2.45) is 7.05 Å². The molecule has 3 aromatic rings. The van der Waals surface area contributed by atoms with Crippen LogP contribution in [0.15, 0.2) is 48.9 Å². The fourth-order valence-electron chi connectivity index (χ4n) is 4.27. The topological polar surface area (TPSA) is 142 Å². The fraction of sp³-hybridized carbons (Fsp3) is 0.435. The Morgan fingerprint density at radius 3 is 2.65 bits per heavy atom. The van der Waals surface area contributed by atoms with Crippen LogP contribution >= 0.6 is 11.6 Å². The fourth-order valence-corrected chi connectivity index (χ4v) is 5.53. The van der Waals surface area contributed by atoms with Crippen LogP contribution in [0.3, 0.4) is 0 Å². The summed E-state index contributed by atoms with van der Waals surface area (Å²) in [5.74, 6) is 0.613. The first-order valence-electron chi connectivity index (χ1n) is 11.8. The number of hydrogen-bond acceptors (Lipinski definition) is 10. The van der Waals surface area contributed by atoms with Crippen LogP contribution in [0.4, 0.5) is 17.5 Å². The van der Waals surface area contributed by atoms with E-state index in [9.17, 15) is 8.42 Å². The van der Waals surface area contributed by atoms with Crippen molar-refractivity contribution in [1.82, 2.24) is 24.5 Å². The van der Waals surface area contributed by atoms with E-state index in [-0.39, 0.29) is 31.1 Å². The van der Waals surface area contributed by atoms with Gasteiger partial charge >= 0.3 is 0 Å². The minimum atomic E-state index is -3.59. The number of anilines is 3. The minimum Gasteiger partial charge on any atom is -0.376 e. The predicted molar refractivity (Wildman–Crippen MR) is 137 cm³/mol. The Labute approximate surface area is 219 Å². The molecule has 2 aromatic heterocycles. The van der Waals surface area contributed by atoms with Crippen LogP contribution in [0.1, 0.15) is 5.56 Å². The van der Waals surface area contributed by atoms with Crippen molar-refractivity contribution >= 4 is 39.1 Å². The molecule has 5 rings (SSSR count). The van der Waals surface area contributed by atoms with E-state index in [1.54, 1.807) is 17.1 Å². The molecule has 2 aliphatic heterocycles. The Hall–Kier alpha value is -2.81. The van der Waals surface area contributed by atoms with Crippen molar-refractivity contribution in [2.45, 2.75) is 30.9 Å². The maximum atomic E-state index is 12.6. The number of aromatic nitrogens is 4. The zero-order valence-electron chi connectivity index (χ0n) is 20.1. The first-order valence-corrected chi connectivity index (χ1v) is 13.8. The Morgan fingerprint density at radius 1 is 1.14 bits per heavy atom. The number of rotatable bonds is 11. The lowest BCUT2D eigenvalue weighted by molar-refractivity contribution is 0.0690. The number of fused-ring (bicyclic) bond motifs is 1. The lowest BCUT2D eigenvalue weighted by atomic mass is 10.1. The summed E-state index contributed by atoms with van der Waals surface area (Å²) in [7, 11) is -1.78. The Morgan fingerprint density at radius 2 is 1.89 bits per heavy atom. The average molecular weight is 550 g/mol. The third kappa shape index (κ3) is 6.55. The second-order valence-corrected chi connectivity index (χ2v) is 11.1. The van der Waals surface area contributed by atoms with Gasteiger partial charge in [-0.15, -0.1) is 0 Å². The molecule has 0 amide bonds. The van der Waals surface area contributed by atoms with Gasteiger partial charge in [-0.3, -0.25) is 4.68 Å². The molecule has 2 fully saturated rings. The summed E-state index contributed by atoms with van der Waals surface area (Å²) in [4.78, 5) is 8.66. The standard InChI is InChI=1S/C23H28ClN7O5S/c1-31-11-16(9-26-31)27-23-25-10-17(24)22(29-23)28-18-13-35-21-19(14-36-20(18)21)30-37(32,33)8-7-34-12-15-5-3-2-4-6-15/h2-6,9-11,18-21,30H,7-8,12-14H2,1H3,(H2,25,27,28,29)/t18-,19+,20?,21?/m1/s1. The second-order valence-electron chi connectivity index (χ2n) is 8.85. The highest BCUT2D eigenvalue weighted by atomic mass is 35.5. The van der Waals surface area contributed by atoms with E-state index >= 15 is 0 Å². The molecule has 0 saturated carbocycles. The second kappa shape index (κ2) is 11.3. The van der Waals surface area contributed by atoms with E-state index in [0.717, 1.165) is 11.3 Å². The molecule has 2 aliphatic rings. The summed E-state index contributed by atoms with van der Waals surface area (Å²) >= 11 is 6.32. The van der Waals surface area contributed by atoms with Gasteiger partial charge in [0.1, 0.15) is 17.2 Å². The highest BCUT2D eigenvalue weighted by Gasteiger charge is 2.49. The van der Waals surface area contributed by atoms with E-state index < -0.39 is 22.2 Å². The monoisotopic (exact) mass is 549 g/mol. The molecule has 2 saturated heterocycles. The molecule has 0 radical (unpaired) electrons. The highest BCUT2D eigenvalue weighted by molar-refractivity contribution is 7.89. The molecule has 0 bridgehead atoms. The summed E-state index contributed by atoms with van der Waals surface area (Å²) in [6, 6.07) is 8.82. The van der Waals surface area contributed by atoms with Gasteiger partial charge in [-0.1, -0.05) is 41.9 Å². The van der Waals surface area contributed by atoms with Crippen molar-refractivity contribution < 1.29 is 22.6 Å². The molecular formula is C23H28ClN7O5S. The maximum absolute atomic E-state index is 12.6. The zero-order chi connectivity index (χ0) is 25.8. The van der Waals surface area contributed by atoms with Crippen LogP contribution in [-0.4, -0.2) is 78.0 Å². The van der Waals surface area contributed by atoms with Gasteiger partial charge in [0.2, 0.25) is 16.0 Å². The molecule has 4 atom stereocenters. The molecule has 0 spiro atoms. The number of halogens is 1. The van der Waals surface area contributed by atoms with Crippen molar-refractivity contribution in [2.75, 3.05) is 36.2 Å². The number of aryl methyl sites for hydroxylation is 1. The molecular weight excluding hydrogens is 522 g/mol. The Kier molecular flexibility index (Phi) is 7.88. The molecule has 4 heterocycles. The van der Waals surface area contributed by atoms with Gasteiger partial charge in [0.15, 0.2) is 5.82 Å². The van der Waals surface area contributed by atoms with Gasteiger partial charge in [-0.2, -0.15) is 10.1 Å². The predicted octanol–water partition coefficient (Wildman–Crippen LogP) is 1.69. The van der Waals surface area contributed by atoms with Gasteiger partial charge in [0, 0.05) is 13.2 Å². The average Bonchev–Trinajstić information content (AvgIpc) is 3.58. The molecule has 3 N–H and O–H groups in total. The van der Waals surface area contributed by atoms with E-state index in [1.165, 1.54) is 6.20 Å². The quantitative estimate of drug-likeness (QED) is 0.302. The van der Waals surface area contributed by atoms with Crippen LogP contribution in [0.5, 0.6) is 0 Å². The maximum Gasteiger partial charge on any atom is 0.229 e. The number of ether oxygens (including phenoxy) is 3. The molecule has 198 valence electrons. The van der Waals surface area contributed by atoms with Crippen molar-refractivity contribution in [3.05, 3.63) is 59.5 Å². The molecule has 0 aliphatic carbocycles. The molecule has 14 heteroatoms. The van der Waals surface area contributed by atoms with Crippen LogP contribution in [-0.2, 0) is 37.9 Å². The van der Waals surface area contributed by atoms with Crippen LogP contribution < -0.4 is 15.4 Å². The first kappa shape index (κ1) is 25.8. The molecule has 1 aromatic carbocycles. The van der Waals surface area contributed by atoms with Crippen LogP contribution in [0, 0.1) is 0 Å². The largest absolute Gasteiger partial charge is 0.376 e. The lowest BCUT2D eigenvalue weighted by Gasteiger charge is -2.19. The number of benzene rings is 1. The van der Waals surface area contributed by atoms with Gasteiger partial charge < -0.3 is 24.8 Å². The van der Waals surface area contributed by atoms with Crippen molar-refractivity contribution in [3.8, 4) is 0 Å². The molecule has 37 heavy (non-hydrogen) atoms. The summed E-state index contributed by atoms with van der Waals surface area (Å²) < 4.78 is 47.0. The van der Waals surface area contributed by atoms with Crippen LogP contribution in [0.2, 0.25) is 5.02 Å². The van der Waals surface area contributed by atoms with E-state index in [4.69, 9.17) is 25.8 Å². The van der Waals surface area contributed by atoms with Gasteiger partial charge in [-0.05, 0) is 5.56 Å². The summed E-state index contributed by atoms with van der Waals surface area (Å²) in [5, 5.41) is 10.8. The summed E-state index contributed by atoms with van der Waals surface area (Å²) in [6.07, 6.45) is 4.14. The number of nitrogens with zero attached hydrogens (tertiary/aromatic N) is 4. The van der Waals surface area contributed by atoms with Gasteiger partial charge in [0.25, 0.3) is 0 Å². The van der Waals surface area contributed by atoms with E-state index in [2.05, 4.69) is 30.4 Å². The highest BCUT2D eigenvalue weighted by Crippen LogP contribution is 2.31. The normalized spacial score (nSPS) is 23.2. The van der Waals surface area contributed by atoms with Crippen molar-refractivity contribution in [3.63, 3.8) is 0 Å².